The quantitative estimate of drug-likeness (QED) is 0.565. The molecule has 1 heterocycles. The van der Waals surface area contributed by atoms with Crippen LogP contribution >= 0.6 is 11.8 Å². The highest BCUT2D eigenvalue weighted by molar-refractivity contribution is 8.19. The average molecular weight is 450 g/mol. The number of carbonyl (C=O) groups excluding carboxylic acids is 1. The molecule has 1 fully saturated rings. The molecule has 9 heteroatoms. The maximum atomic E-state index is 13.4. The van der Waals surface area contributed by atoms with E-state index in [1.807, 2.05) is 13.8 Å². The molecule has 0 aliphatic carbocycles. The van der Waals surface area contributed by atoms with Crippen molar-refractivity contribution in [2.45, 2.75) is 20.0 Å². The van der Waals surface area contributed by atoms with E-state index in [1.54, 1.807) is 18.2 Å². The van der Waals surface area contributed by atoms with Crippen LogP contribution in [0.25, 0.3) is 6.08 Å². The summed E-state index contributed by atoms with van der Waals surface area (Å²) in [6.45, 7) is 4.55. The van der Waals surface area contributed by atoms with Crippen LogP contribution < -0.4 is 14.4 Å². The monoisotopic (exact) mass is 450 g/mol. The van der Waals surface area contributed by atoms with Gasteiger partial charge in [0.25, 0.3) is 5.91 Å². The van der Waals surface area contributed by atoms with Crippen molar-refractivity contribution in [3.8, 4) is 11.5 Å². The summed E-state index contributed by atoms with van der Waals surface area (Å²) in [5.74, 6) is 0.665. The molecule has 2 aromatic rings. The standard InChI is InChI=1S/C22H21F3N2O3S/c1-13(2)12-30-17-9-8-14(10-18(17)29-3)11-19-20(28)27(21(26)31-19)16-7-5-4-6-15(16)22(23,24)25/h4-11,13,26H,12H2,1-3H3/b19-11-,26-21?. The van der Waals surface area contributed by atoms with Crippen molar-refractivity contribution in [3.05, 3.63) is 58.5 Å². The van der Waals surface area contributed by atoms with E-state index >= 15 is 0 Å². The number of alkyl halides is 3. The number of ether oxygens (including phenoxy) is 2. The summed E-state index contributed by atoms with van der Waals surface area (Å²) in [7, 11) is 1.50. The SMILES string of the molecule is COc1cc(/C=C2\SC(=N)N(c3ccccc3C(F)(F)F)C2=O)ccc1OCC(C)C. The number of carbonyl (C=O) groups is 1. The lowest BCUT2D eigenvalue weighted by molar-refractivity contribution is -0.137. The van der Waals surface area contributed by atoms with Gasteiger partial charge in [0.1, 0.15) is 0 Å². The van der Waals surface area contributed by atoms with Crippen LogP contribution in [0.1, 0.15) is 25.0 Å². The number of rotatable bonds is 6. The minimum atomic E-state index is -4.65. The molecular formula is C22H21F3N2O3S. The van der Waals surface area contributed by atoms with Gasteiger partial charge in [0, 0.05) is 0 Å². The Morgan fingerprint density at radius 1 is 1.16 bits per heavy atom. The summed E-state index contributed by atoms with van der Waals surface area (Å²) in [5.41, 5.74) is -0.734. The number of anilines is 1. The zero-order valence-electron chi connectivity index (χ0n) is 17.1. The first kappa shape index (κ1) is 22.7. The second-order valence-corrected chi connectivity index (χ2v) is 8.22. The molecule has 0 saturated carbocycles. The van der Waals surface area contributed by atoms with Crippen molar-refractivity contribution in [2.75, 3.05) is 18.6 Å². The van der Waals surface area contributed by atoms with Gasteiger partial charge in [-0.25, -0.2) is 0 Å². The molecule has 0 aromatic heterocycles. The molecule has 164 valence electrons. The van der Waals surface area contributed by atoms with Crippen LogP contribution in [0.5, 0.6) is 11.5 Å². The molecule has 1 aliphatic rings. The van der Waals surface area contributed by atoms with Gasteiger partial charge in [0.05, 0.1) is 29.9 Å². The summed E-state index contributed by atoms with van der Waals surface area (Å²) in [6.07, 6.45) is -3.13. The lowest BCUT2D eigenvalue weighted by Gasteiger charge is -2.19. The van der Waals surface area contributed by atoms with Gasteiger partial charge in [0.2, 0.25) is 0 Å². The van der Waals surface area contributed by atoms with E-state index < -0.39 is 17.6 Å². The summed E-state index contributed by atoms with van der Waals surface area (Å²) < 4.78 is 51.2. The van der Waals surface area contributed by atoms with E-state index in [0.717, 1.165) is 22.7 Å². The van der Waals surface area contributed by atoms with E-state index in [1.165, 1.54) is 31.4 Å². The molecule has 0 radical (unpaired) electrons. The number of halogens is 3. The Morgan fingerprint density at radius 2 is 1.87 bits per heavy atom. The Kier molecular flexibility index (Phi) is 6.64. The van der Waals surface area contributed by atoms with Crippen LogP contribution in [0.2, 0.25) is 0 Å². The first-order valence-electron chi connectivity index (χ1n) is 9.41. The van der Waals surface area contributed by atoms with Crippen molar-refractivity contribution in [3.63, 3.8) is 0 Å². The molecule has 1 saturated heterocycles. The number of amides is 1. The zero-order valence-corrected chi connectivity index (χ0v) is 17.9. The van der Waals surface area contributed by atoms with E-state index in [0.29, 0.717) is 29.6 Å². The van der Waals surface area contributed by atoms with Crippen LogP contribution in [-0.2, 0) is 11.0 Å². The normalized spacial score (nSPS) is 15.8. The molecular weight excluding hydrogens is 429 g/mol. The number of amidine groups is 1. The highest BCUT2D eigenvalue weighted by Crippen LogP contribution is 2.42. The van der Waals surface area contributed by atoms with E-state index in [4.69, 9.17) is 14.9 Å². The van der Waals surface area contributed by atoms with Crippen molar-refractivity contribution in [1.82, 2.24) is 0 Å². The number of para-hydroxylation sites is 1. The molecule has 1 aliphatic heterocycles. The summed E-state index contributed by atoms with van der Waals surface area (Å²) in [6, 6.07) is 9.82. The maximum Gasteiger partial charge on any atom is 0.418 e. The van der Waals surface area contributed by atoms with Crippen LogP contribution in [0.3, 0.4) is 0 Å². The fraction of sp³-hybridized carbons (Fsp3) is 0.273. The maximum absolute atomic E-state index is 13.4. The average Bonchev–Trinajstić information content (AvgIpc) is 2.99. The third kappa shape index (κ3) is 5.04. The van der Waals surface area contributed by atoms with Gasteiger partial charge < -0.3 is 9.47 Å². The highest BCUT2D eigenvalue weighted by Gasteiger charge is 2.40. The van der Waals surface area contributed by atoms with E-state index in [9.17, 15) is 18.0 Å². The van der Waals surface area contributed by atoms with Crippen molar-refractivity contribution in [1.29, 1.82) is 5.41 Å². The molecule has 1 amide bonds. The fourth-order valence-corrected chi connectivity index (χ4v) is 3.77. The number of nitrogens with zero attached hydrogens (tertiary/aromatic N) is 1. The fourth-order valence-electron chi connectivity index (χ4n) is 2.92. The van der Waals surface area contributed by atoms with Gasteiger partial charge in [-0.05, 0) is 53.6 Å². The first-order chi connectivity index (χ1) is 14.6. The largest absolute Gasteiger partial charge is 0.493 e. The molecule has 31 heavy (non-hydrogen) atoms. The second kappa shape index (κ2) is 9.05. The Bertz CT molecular complexity index is 1030. The van der Waals surface area contributed by atoms with Gasteiger partial charge in [-0.3, -0.25) is 15.1 Å². The van der Waals surface area contributed by atoms with E-state index in [-0.39, 0.29) is 15.8 Å². The van der Waals surface area contributed by atoms with Crippen molar-refractivity contribution in [2.24, 2.45) is 5.92 Å². The minimum absolute atomic E-state index is 0.139. The lowest BCUT2D eigenvalue weighted by atomic mass is 10.1. The van der Waals surface area contributed by atoms with Crippen LogP contribution in [0.4, 0.5) is 18.9 Å². The molecule has 1 N–H and O–H groups in total. The predicted molar refractivity (Wildman–Crippen MR) is 116 cm³/mol. The number of benzene rings is 2. The molecule has 0 unspecified atom stereocenters. The van der Waals surface area contributed by atoms with Crippen LogP contribution in [-0.4, -0.2) is 24.8 Å². The number of methoxy groups -OCH3 is 1. The molecule has 0 spiro atoms. The van der Waals surface area contributed by atoms with Gasteiger partial charge in [0.15, 0.2) is 16.7 Å². The molecule has 0 bridgehead atoms. The second-order valence-electron chi connectivity index (χ2n) is 7.19. The highest BCUT2D eigenvalue weighted by atomic mass is 32.2. The molecule has 0 atom stereocenters. The molecule has 5 nitrogen and oxygen atoms in total. The lowest BCUT2D eigenvalue weighted by Crippen LogP contribution is -2.30. The van der Waals surface area contributed by atoms with Crippen molar-refractivity contribution < 1.29 is 27.4 Å². The topological polar surface area (TPSA) is 62.6 Å². The van der Waals surface area contributed by atoms with Gasteiger partial charge in [-0.1, -0.05) is 32.0 Å². The summed E-state index contributed by atoms with van der Waals surface area (Å²) in [5, 5.41) is 7.80. The Labute approximate surface area is 182 Å². The summed E-state index contributed by atoms with van der Waals surface area (Å²) in [4.78, 5) is 13.8. The Balaban J connectivity index is 1.91. The number of hydrogen-bond donors (Lipinski definition) is 1. The zero-order chi connectivity index (χ0) is 22.8. The molecule has 3 rings (SSSR count). The van der Waals surface area contributed by atoms with Gasteiger partial charge in [-0.2, -0.15) is 13.2 Å². The van der Waals surface area contributed by atoms with Crippen LogP contribution in [0, 0.1) is 11.3 Å². The third-order valence-corrected chi connectivity index (χ3v) is 5.22. The van der Waals surface area contributed by atoms with Gasteiger partial charge >= 0.3 is 6.18 Å². The molecule has 2 aromatic carbocycles. The first-order valence-corrected chi connectivity index (χ1v) is 10.2. The Hall–Kier alpha value is -2.94. The van der Waals surface area contributed by atoms with E-state index in [2.05, 4.69) is 0 Å². The predicted octanol–water partition coefficient (Wildman–Crippen LogP) is 5.80. The minimum Gasteiger partial charge on any atom is -0.493 e. The smallest absolute Gasteiger partial charge is 0.418 e. The van der Waals surface area contributed by atoms with Gasteiger partial charge in [-0.15, -0.1) is 0 Å². The third-order valence-electron chi connectivity index (χ3n) is 4.33. The Morgan fingerprint density at radius 3 is 2.52 bits per heavy atom. The number of hydrogen-bond acceptors (Lipinski definition) is 5. The van der Waals surface area contributed by atoms with Crippen LogP contribution in [0.15, 0.2) is 47.4 Å². The van der Waals surface area contributed by atoms with Crippen molar-refractivity contribution >= 4 is 34.6 Å². The number of thioether (sulfide) groups is 1. The number of nitrogens with one attached hydrogen (secondary N) is 1. The summed E-state index contributed by atoms with van der Waals surface area (Å²) >= 11 is 0.804.